The average molecular weight is 193 g/mol. The first kappa shape index (κ1) is 9.56. The molecule has 0 saturated heterocycles. The number of nitrogen functional groups attached to an aromatic ring is 1. The fourth-order valence-electron chi connectivity index (χ4n) is 2.19. The number of aromatic nitrogens is 2. The molecule has 2 rings (SSSR count). The monoisotopic (exact) mass is 193 g/mol. The van der Waals surface area contributed by atoms with E-state index in [0.29, 0.717) is 11.7 Å². The van der Waals surface area contributed by atoms with Gasteiger partial charge in [0.05, 0.1) is 0 Å². The van der Waals surface area contributed by atoms with Crippen molar-refractivity contribution in [2.75, 3.05) is 5.73 Å². The molecule has 1 heterocycles. The van der Waals surface area contributed by atoms with Gasteiger partial charge in [0.25, 0.3) is 0 Å². The van der Waals surface area contributed by atoms with Gasteiger partial charge >= 0.3 is 0 Å². The molecule has 1 aromatic rings. The molecular weight excluding hydrogens is 174 g/mol. The van der Waals surface area contributed by atoms with Gasteiger partial charge in [-0.15, -0.1) is 0 Å². The molecule has 0 amide bonds. The molecule has 14 heavy (non-hydrogen) atoms. The summed E-state index contributed by atoms with van der Waals surface area (Å²) < 4.78 is 0. The Morgan fingerprint density at radius 1 is 1.50 bits per heavy atom. The van der Waals surface area contributed by atoms with Crippen LogP contribution < -0.4 is 5.73 Å². The van der Waals surface area contributed by atoms with Crippen molar-refractivity contribution in [1.82, 2.24) is 10.2 Å². The second kappa shape index (κ2) is 3.64. The van der Waals surface area contributed by atoms with Crippen molar-refractivity contribution >= 4 is 5.82 Å². The Morgan fingerprint density at radius 2 is 2.21 bits per heavy atom. The number of nitrogens with zero attached hydrogens (tertiary/aromatic N) is 1. The molecule has 1 aliphatic rings. The van der Waals surface area contributed by atoms with Crippen LogP contribution in [0.1, 0.15) is 50.3 Å². The van der Waals surface area contributed by atoms with E-state index in [9.17, 15) is 0 Å². The van der Waals surface area contributed by atoms with Gasteiger partial charge in [-0.1, -0.05) is 33.1 Å². The maximum Gasteiger partial charge on any atom is 0.148 e. The molecule has 1 aromatic heterocycles. The smallest absolute Gasteiger partial charge is 0.148 e. The van der Waals surface area contributed by atoms with E-state index < -0.39 is 0 Å². The zero-order chi connectivity index (χ0) is 10.1. The molecule has 0 spiro atoms. The molecule has 0 bridgehead atoms. The summed E-state index contributed by atoms with van der Waals surface area (Å²) in [7, 11) is 0. The number of H-pyrrole nitrogens is 1. The molecule has 0 radical (unpaired) electrons. The normalized spacial score (nSPS) is 17.4. The summed E-state index contributed by atoms with van der Waals surface area (Å²) in [5.74, 6) is 2.03. The van der Waals surface area contributed by atoms with Crippen LogP contribution in [-0.2, 0) is 6.42 Å². The number of aromatic amines is 1. The highest BCUT2D eigenvalue weighted by Crippen LogP contribution is 2.32. The highest BCUT2D eigenvalue weighted by molar-refractivity contribution is 5.44. The molecule has 3 nitrogen and oxygen atoms in total. The molecule has 3 heteroatoms. The third kappa shape index (κ3) is 1.63. The molecule has 0 aliphatic heterocycles. The predicted octanol–water partition coefficient (Wildman–Crippen LogP) is 2.46. The summed E-state index contributed by atoms with van der Waals surface area (Å²) in [5.41, 5.74) is 8.33. The number of nitrogens with two attached hydrogens (primary N) is 1. The maximum atomic E-state index is 5.84. The summed E-state index contributed by atoms with van der Waals surface area (Å²) >= 11 is 0. The van der Waals surface area contributed by atoms with Gasteiger partial charge in [0.2, 0.25) is 0 Å². The number of rotatable bonds is 3. The Kier molecular flexibility index (Phi) is 2.48. The van der Waals surface area contributed by atoms with Gasteiger partial charge in [0.1, 0.15) is 5.82 Å². The van der Waals surface area contributed by atoms with E-state index in [4.69, 9.17) is 5.73 Å². The van der Waals surface area contributed by atoms with Gasteiger partial charge in [-0.25, -0.2) is 0 Å². The average Bonchev–Trinajstić information content (AvgIpc) is 2.39. The van der Waals surface area contributed by atoms with Crippen LogP contribution in [-0.4, -0.2) is 10.2 Å². The lowest BCUT2D eigenvalue weighted by atomic mass is 9.81. The first-order chi connectivity index (χ1) is 6.68. The van der Waals surface area contributed by atoms with Crippen molar-refractivity contribution in [3.05, 3.63) is 11.3 Å². The Bertz CT molecular complexity index is 310. The van der Waals surface area contributed by atoms with Crippen molar-refractivity contribution in [1.29, 1.82) is 0 Å². The van der Waals surface area contributed by atoms with E-state index in [0.717, 1.165) is 12.3 Å². The lowest BCUT2D eigenvalue weighted by Crippen LogP contribution is -2.15. The summed E-state index contributed by atoms with van der Waals surface area (Å²) in [6, 6.07) is 0. The summed E-state index contributed by atoms with van der Waals surface area (Å²) in [4.78, 5) is 0. The number of anilines is 1. The van der Waals surface area contributed by atoms with Crippen LogP contribution >= 0.6 is 0 Å². The predicted molar refractivity (Wildman–Crippen MR) is 58.1 cm³/mol. The molecule has 1 aliphatic carbocycles. The van der Waals surface area contributed by atoms with Gasteiger partial charge in [0, 0.05) is 11.3 Å². The molecule has 3 N–H and O–H groups in total. The fraction of sp³-hybridized carbons (Fsp3) is 0.727. The van der Waals surface area contributed by atoms with E-state index in [-0.39, 0.29) is 0 Å². The van der Waals surface area contributed by atoms with E-state index >= 15 is 0 Å². The Morgan fingerprint density at radius 3 is 2.71 bits per heavy atom. The second-order valence-electron chi connectivity index (χ2n) is 4.66. The molecule has 0 atom stereocenters. The highest BCUT2D eigenvalue weighted by atomic mass is 15.2. The van der Waals surface area contributed by atoms with Gasteiger partial charge in [-0.2, -0.15) is 5.10 Å². The van der Waals surface area contributed by atoms with E-state index in [2.05, 4.69) is 24.0 Å². The van der Waals surface area contributed by atoms with Crippen LogP contribution in [0.3, 0.4) is 0 Å². The SMILES string of the molecule is CC(C)c1c(N)n[nH]c1CC1CCC1. The second-order valence-corrected chi connectivity index (χ2v) is 4.66. The Balaban J connectivity index is 2.15. The van der Waals surface area contributed by atoms with Crippen molar-refractivity contribution in [2.45, 2.75) is 45.4 Å². The molecule has 0 unspecified atom stereocenters. The molecular formula is C11H19N3. The van der Waals surface area contributed by atoms with Crippen LogP contribution in [0.25, 0.3) is 0 Å². The van der Waals surface area contributed by atoms with Crippen molar-refractivity contribution in [2.24, 2.45) is 5.92 Å². The van der Waals surface area contributed by atoms with Gasteiger partial charge in [-0.05, 0) is 18.3 Å². The lowest BCUT2D eigenvalue weighted by Gasteiger charge is -2.25. The zero-order valence-corrected chi connectivity index (χ0v) is 9.01. The van der Waals surface area contributed by atoms with Crippen LogP contribution in [0.15, 0.2) is 0 Å². The number of hydrogen-bond donors (Lipinski definition) is 2. The Labute approximate surface area is 85.1 Å². The van der Waals surface area contributed by atoms with Crippen LogP contribution in [0.5, 0.6) is 0 Å². The minimum atomic E-state index is 0.476. The molecule has 1 fully saturated rings. The van der Waals surface area contributed by atoms with Gasteiger partial charge < -0.3 is 5.73 Å². The quantitative estimate of drug-likeness (QED) is 0.774. The van der Waals surface area contributed by atoms with Crippen LogP contribution in [0.4, 0.5) is 5.82 Å². The van der Waals surface area contributed by atoms with Crippen molar-refractivity contribution in [3.8, 4) is 0 Å². The summed E-state index contributed by atoms with van der Waals surface area (Å²) in [6.07, 6.45) is 5.27. The summed E-state index contributed by atoms with van der Waals surface area (Å²) in [6.45, 7) is 4.34. The minimum Gasteiger partial charge on any atom is -0.382 e. The topological polar surface area (TPSA) is 54.7 Å². The first-order valence-electron chi connectivity index (χ1n) is 5.51. The van der Waals surface area contributed by atoms with E-state index in [1.807, 2.05) is 0 Å². The first-order valence-corrected chi connectivity index (χ1v) is 5.51. The van der Waals surface area contributed by atoms with Gasteiger partial charge in [-0.3, -0.25) is 5.10 Å². The van der Waals surface area contributed by atoms with Crippen LogP contribution in [0.2, 0.25) is 0 Å². The van der Waals surface area contributed by atoms with E-state index in [1.165, 1.54) is 30.5 Å². The molecule has 78 valence electrons. The van der Waals surface area contributed by atoms with Gasteiger partial charge in [0.15, 0.2) is 0 Å². The van der Waals surface area contributed by atoms with Crippen LogP contribution in [0, 0.1) is 5.92 Å². The van der Waals surface area contributed by atoms with E-state index in [1.54, 1.807) is 0 Å². The maximum absolute atomic E-state index is 5.84. The summed E-state index contributed by atoms with van der Waals surface area (Å²) in [5, 5.41) is 7.18. The van der Waals surface area contributed by atoms with Crippen molar-refractivity contribution < 1.29 is 0 Å². The third-order valence-corrected chi connectivity index (χ3v) is 3.21. The largest absolute Gasteiger partial charge is 0.382 e. The lowest BCUT2D eigenvalue weighted by molar-refractivity contribution is 0.311. The minimum absolute atomic E-state index is 0.476. The number of hydrogen-bond acceptors (Lipinski definition) is 2. The fourth-order valence-corrected chi connectivity index (χ4v) is 2.19. The number of nitrogens with one attached hydrogen (secondary N) is 1. The molecule has 1 saturated carbocycles. The third-order valence-electron chi connectivity index (χ3n) is 3.21. The Hall–Kier alpha value is -0.990. The zero-order valence-electron chi connectivity index (χ0n) is 9.01. The standard InChI is InChI=1S/C11H19N3/c1-7(2)10-9(13-14-11(10)12)6-8-4-3-5-8/h7-8H,3-6H2,1-2H3,(H3,12,13,14). The van der Waals surface area contributed by atoms with Crippen molar-refractivity contribution in [3.63, 3.8) is 0 Å². The molecule has 0 aromatic carbocycles. The highest BCUT2D eigenvalue weighted by Gasteiger charge is 2.22.